The normalized spacial score (nSPS) is 11.3. The smallest absolute Gasteiger partial charge is 0.262 e. The first-order chi connectivity index (χ1) is 12.6. The molecule has 26 heavy (non-hydrogen) atoms. The maximum atomic E-state index is 12.9. The Morgan fingerprint density at radius 3 is 2.88 bits per heavy atom. The number of aromatic nitrogens is 4. The quantitative estimate of drug-likeness (QED) is 0.299. The van der Waals surface area contributed by atoms with Crippen LogP contribution in [-0.4, -0.2) is 19.5 Å². The predicted octanol–water partition coefficient (Wildman–Crippen LogP) is 4.36. The molecular weight excluding hydrogens is 364 g/mol. The molecule has 4 rings (SSSR count). The fourth-order valence-electron chi connectivity index (χ4n) is 2.83. The number of thiophene rings is 1. The third kappa shape index (κ3) is 2.73. The Balaban J connectivity index is 1.94. The lowest BCUT2D eigenvalue weighted by Gasteiger charge is -2.11. The average molecular weight is 380 g/mol. The summed E-state index contributed by atoms with van der Waals surface area (Å²) in [4.78, 5) is 28.6. The molecule has 0 saturated heterocycles. The van der Waals surface area contributed by atoms with E-state index in [1.165, 1.54) is 22.2 Å². The number of allylic oxidation sites excluding steroid dienone is 1. The van der Waals surface area contributed by atoms with Crippen molar-refractivity contribution in [2.45, 2.75) is 30.6 Å². The molecule has 0 aliphatic carbocycles. The molecule has 0 spiro atoms. The Bertz CT molecular complexity index is 1210. The Hall–Kier alpha value is -2.51. The van der Waals surface area contributed by atoms with Gasteiger partial charge in [0.05, 0.1) is 10.9 Å². The predicted molar refractivity (Wildman–Crippen MR) is 107 cm³/mol. The van der Waals surface area contributed by atoms with Gasteiger partial charge in [-0.2, -0.15) is 0 Å². The number of hydrogen-bond donors (Lipinski definition) is 0. The first kappa shape index (κ1) is 16.9. The first-order valence-corrected chi connectivity index (χ1v) is 9.72. The van der Waals surface area contributed by atoms with E-state index in [1.54, 1.807) is 34.4 Å². The highest BCUT2D eigenvalue weighted by Gasteiger charge is 2.17. The molecule has 0 saturated carbocycles. The van der Waals surface area contributed by atoms with Gasteiger partial charge in [-0.3, -0.25) is 9.36 Å². The van der Waals surface area contributed by atoms with E-state index in [0.29, 0.717) is 22.6 Å². The van der Waals surface area contributed by atoms with E-state index < -0.39 is 0 Å². The van der Waals surface area contributed by atoms with Gasteiger partial charge in [0.15, 0.2) is 5.16 Å². The molecule has 0 aliphatic heterocycles. The minimum absolute atomic E-state index is 0.0680. The number of nitrogens with zero attached hydrogens (tertiary/aromatic N) is 4. The molecule has 1 aromatic carbocycles. The lowest BCUT2D eigenvalue weighted by atomic mass is 10.2. The van der Waals surface area contributed by atoms with Gasteiger partial charge < -0.3 is 0 Å². The molecule has 0 amide bonds. The van der Waals surface area contributed by atoms with Crippen molar-refractivity contribution in [3.05, 3.63) is 64.0 Å². The topological polar surface area (TPSA) is 60.7 Å². The van der Waals surface area contributed by atoms with Crippen LogP contribution in [0, 0.1) is 13.8 Å². The van der Waals surface area contributed by atoms with Crippen molar-refractivity contribution >= 4 is 44.2 Å². The fourth-order valence-corrected chi connectivity index (χ4v) is 4.93. The van der Waals surface area contributed by atoms with Crippen LogP contribution in [0.25, 0.3) is 21.1 Å². The molecule has 0 unspecified atom stereocenters. The highest BCUT2D eigenvalue weighted by atomic mass is 32.2. The first-order valence-electron chi connectivity index (χ1n) is 8.09. The van der Waals surface area contributed by atoms with Crippen molar-refractivity contribution in [1.82, 2.24) is 19.5 Å². The van der Waals surface area contributed by atoms with Gasteiger partial charge in [-0.05, 0) is 43.3 Å². The Kier molecular flexibility index (Phi) is 4.34. The highest BCUT2D eigenvalue weighted by Crippen LogP contribution is 2.36. The van der Waals surface area contributed by atoms with Crippen molar-refractivity contribution in [1.29, 1.82) is 0 Å². The van der Waals surface area contributed by atoms with Crippen molar-refractivity contribution in [3.8, 4) is 0 Å². The van der Waals surface area contributed by atoms with Gasteiger partial charge in [0.1, 0.15) is 16.2 Å². The zero-order valence-corrected chi connectivity index (χ0v) is 16.0. The van der Waals surface area contributed by atoms with Crippen LogP contribution < -0.4 is 5.56 Å². The second kappa shape index (κ2) is 6.66. The van der Waals surface area contributed by atoms with Gasteiger partial charge in [0.2, 0.25) is 0 Å². The van der Waals surface area contributed by atoms with Crippen molar-refractivity contribution in [3.63, 3.8) is 0 Å². The second-order valence-corrected chi connectivity index (χ2v) is 8.02. The van der Waals surface area contributed by atoms with Crippen LogP contribution >= 0.6 is 23.1 Å². The van der Waals surface area contributed by atoms with Gasteiger partial charge in [-0.1, -0.05) is 18.2 Å². The summed E-state index contributed by atoms with van der Waals surface area (Å²) in [6.45, 7) is 8.33. The van der Waals surface area contributed by atoms with Gasteiger partial charge in [-0.15, -0.1) is 17.9 Å². The highest BCUT2D eigenvalue weighted by molar-refractivity contribution is 7.99. The standard InChI is InChI=1S/C19H16N4OS2/c1-4-9-23-18(24)13-7-5-6-8-14(13)22-19(23)26-17-15-11(2)12(3)25-16(15)20-10-21-17/h4-8,10H,1,9H2,2-3H3. The number of hydrogen-bond acceptors (Lipinski definition) is 6. The van der Waals surface area contributed by atoms with Crippen LogP contribution in [0.15, 0.2) is 58.2 Å². The number of para-hydroxylation sites is 1. The van der Waals surface area contributed by atoms with E-state index in [-0.39, 0.29) is 5.56 Å². The molecule has 130 valence electrons. The summed E-state index contributed by atoms with van der Waals surface area (Å²) in [5.74, 6) is 0. The SMILES string of the molecule is C=CCn1c(Sc2ncnc3sc(C)c(C)c23)nc2ccccc2c1=O. The minimum Gasteiger partial charge on any atom is -0.283 e. The van der Waals surface area contributed by atoms with E-state index in [1.807, 2.05) is 18.2 Å². The Morgan fingerprint density at radius 1 is 1.27 bits per heavy atom. The van der Waals surface area contributed by atoms with E-state index in [0.717, 1.165) is 15.2 Å². The van der Waals surface area contributed by atoms with E-state index in [9.17, 15) is 4.79 Å². The van der Waals surface area contributed by atoms with Gasteiger partial charge >= 0.3 is 0 Å². The van der Waals surface area contributed by atoms with Crippen molar-refractivity contribution in [2.75, 3.05) is 0 Å². The van der Waals surface area contributed by atoms with Crippen LogP contribution in [0.4, 0.5) is 0 Å². The number of aryl methyl sites for hydroxylation is 2. The van der Waals surface area contributed by atoms with Crippen molar-refractivity contribution in [2.24, 2.45) is 0 Å². The molecule has 0 N–H and O–H groups in total. The van der Waals surface area contributed by atoms with Crippen LogP contribution in [0.2, 0.25) is 0 Å². The van der Waals surface area contributed by atoms with Gasteiger partial charge in [0, 0.05) is 16.8 Å². The summed E-state index contributed by atoms with van der Waals surface area (Å²) in [7, 11) is 0. The molecule has 0 atom stereocenters. The van der Waals surface area contributed by atoms with Crippen LogP contribution in [0.5, 0.6) is 0 Å². The Labute approximate surface area is 158 Å². The lowest BCUT2D eigenvalue weighted by molar-refractivity contribution is 0.671. The van der Waals surface area contributed by atoms with E-state index in [2.05, 4.69) is 30.4 Å². The monoisotopic (exact) mass is 380 g/mol. The van der Waals surface area contributed by atoms with E-state index >= 15 is 0 Å². The zero-order chi connectivity index (χ0) is 18.3. The van der Waals surface area contributed by atoms with Gasteiger partial charge in [0.25, 0.3) is 5.56 Å². The van der Waals surface area contributed by atoms with E-state index in [4.69, 9.17) is 4.98 Å². The van der Waals surface area contributed by atoms with Crippen LogP contribution in [-0.2, 0) is 6.54 Å². The maximum absolute atomic E-state index is 12.9. The third-order valence-electron chi connectivity index (χ3n) is 4.26. The molecule has 0 aliphatic rings. The molecule has 3 aromatic heterocycles. The summed E-state index contributed by atoms with van der Waals surface area (Å²) in [5, 5.41) is 3.07. The average Bonchev–Trinajstić information content (AvgIpc) is 2.93. The summed E-state index contributed by atoms with van der Waals surface area (Å²) in [6.07, 6.45) is 3.27. The number of fused-ring (bicyclic) bond motifs is 2. The zero-order valence-electron chi connectivity index (χ0n) is 14.4. The summed E-state index contributed by atoms with van der Waals surface area (Å²) in [5.41, 5.74) is 1.79. The number of benzene rings is 1. The van der Waals surface area contributed by atoms with Gasteiger partial charge in [-0.25, -0.2) is 15.0 Å². The largest absolute Gasteiger partial charge is 0.283 e. The molecule has 0 fully saturated rings. The summed E-state index contributed by atoms with van der Waals surface area (Å²) < 4.78 is 1.64. The molecule has 0 radical (unpaired) electrons. The minimum atomic E-state index is -0.0680. The molecule has 4 aromatic rings. The molecular formula is C19H16N4OS2. The lowest BCUT2D eigenvalue weighted by Crippen LogP contribution is -2.22. The summed E-state index contributed by atoms with van der Waals surface area (Å²) >= 11 is 3.05. The van der Waals surface area contributed by atoms with Crippen LogP contribution in [0.3, 0.4) is 0 Å². The molecule has 7 heteroatoms. The maximum Gasteiger partial charge on any atom is 0.262 e. The third-order valence-corrected chi connectivity index (χ3v) is 6.37. The molecule has 0 bridgehead atoms. The van der Waals surface area contributed by atoms with Crippen molar-refractivity contribution < 1.29 is 0 Å². The second-order valence-electron chi connectivity index (χ2n) is 5.86. The summed E-state index contributed by atoms with van der Waals surface area (Å²) in [6, 6.07) is 7.39. The van der Waals surface area contributed by atoms with Crippen LogP contribution in [0.1, 0.15) is 10.4 Å². The fraction of sp³-hybridized carbons (Fsp3) is 0.158. The molecule has 5 nitrogen and oxygen atoms in total. The number of rotatable bonds is 4. The molecule has 3 heterocycles. The Morgan fingerprint density at radius 2 is 2.08 bits per heavy atom.